The first-order chi connectivity index (χ1) is 9.56. The molecular weight excluding hydrogens is 254 g/mol. The van der Waals surface area contributed by atoms with E-state index in [1.165, 1.54) is 0 Å². The van der Waals surface area contributed by atoms with Crippen LogP contribution in [0.4, 0.5) is 0 Å². The van der Waals surface area contributed by atoms with Crippen molar-refractivity contribution in [1.82, 2.24) is 5.32 Å². The Kier molecular flexibility index (Phi) is 4.77. The standard InChI is InChI=1S/C16H21NO3/c1-11(2)7-8-17-16(19)10-20-13-4-5-14-12(9-13)3-6-15(14)18/h4-5,9,11H,3,6-8,10H2,1-2H3,(H,17,19). The third-order valence-electron chi connectivity index (χ3n) is 3.41. The molecule has 0 fully saturated rings. The van der Waals surface area contributed by atoms with Crippen LogP contribution < -0.4 is 10.1 Å². The van der Waals surface area contributed by atoms with Crippen LogP contribution in [-0.2, 0) is 11.2 Å². The molecular formula is C16H21NO3. The minimum absolute atomic E-state index is 0.0187. The van der Waals surface area contributed by atoms with E-state index in [0.717, 1.165) is 24.0 Å². The average molecular weight is 275 g/mol. The molecule has 4 heteroatoms. The summed E-state index contributed by atoms with van der Waals surface area (Å²) in [6, 6.07) is 5.40. The number of amides is 1. The van der Waals surface area contributed by atoms with Crippen LogP contribution in [0.5, 0.6) is 5.75 Å². The van der Waals surface area contributed by atoms with E-state index < -0.39 is 0 Å². The summed E-state index contributed by atoms with van der Waals surface area (Å²) in [5.41, 5.74) is 1.81. The summed E-state index contributed by atoms with van der Waals surface area (Å²) in [4.78, 5) is 23.1. The van der Waals surface area contributed by atoms with Crippen LogP contribution in [0.25, 0.3) is 0 Å². The molecule has 0 spiro atoms. The van der Waals surface area contributed by atoms with Crippen molar-refractivity contribution in [3.63, 3.8) is 0 Å². The highest BCUT2D eigenvalue weighted by molar-refractivity contribution is 6.00. The minimum Gasteiger partial charge on any atom is -0.484 e. The van der Waals surface area contributed by atoms with Gasteiger partial charge in [-0.05, 0) is 42.5 Å². The topological polar surface area (TPSA) is 55.4 Å². The van der Waals surface area contributed by atoms with E-state index in [-0.39, 0.29) is 18.3 Å². The van der Waals surface area contributed by atoms with Gasteiger partial charge in [-0.1, -0.05) is 13.8 Å². The Balaban J connectivity index is 1.80. The molecule has 0 bridgehead atoms. The van der Waals surface area contributed by atoms with Crippen LogP contribution in [-0.4, -0.2) is 24.8 Å². The summed E-state index contributed by atoms with van der Waals surface area (Å²) in [6.07, 6.45) is 2.31. The molecule has 108 valence electrons. The number of nitrogens with one attached hydrogen (secondary N) is 1. The number of aryl methyl sites for hydroxylation is 1. The van der Waals surface area contributed by atoms with E-state index in [1.54, 1.807) is 12.1 Å². The maximum absolute atomic E-state index is 11.6. The highest BCUT2D eigenvalue weighted by Gasteiger charge is 2.19. The van der Waals surface area contributed by atoms with Gasteiger partial charge in [-0.2, -0.15) is 0 Å². The van der Waals surface area contributed by atoms with Gasteiger partial charge in [0.15, 0.2) is 12.4 Å². The molecule has 1 aliphatic rings. The number of fused-ring (bicyclic) bond motifs is 1. The second-order valence-electron chi connectivity index (χ2n) is 5.56. The Morgan fingerprint density at radius 2 is 2.15 bits per heavy atom. The molecule has 0 saturated carbocycles. The Labute approximate surface area is 119 Å². The fraction of sp³-hybridized carbons (Fsp3) is 0.500. The summed E-state index contributed by atoms with van der Waals surface area (Å²) in [5, 5.41) is 2.83. The number of ether oxygens (including phenoxy) is 1. The maximum Gasteiger partial charge on any atom is 0.257 e. The first-order valence-corrected chi connectivity index (χ1v) is 7.12. The number of ketones is 1. The molecule has 2 rings (SSSR count). The van der Waals surface area contributed by atoms with Crippen LogP contribution in [0.3, 0.4) is 0 Å². The maximum atomic E-state index is 11.6. The molecule has 0 aromatic heterocycles. The molecule has 0 atom stereocenters. The van der Waals surface area contributed by atoms with Gasteiger partial charge in [0.05, 0.1) is 0 Å². The lowest BCUT2D eigenvalue weighted by molar-refractivity contribution is -0.123. The van der Waals surface area contributed by atoms with Crippen molar-refractivity contribution in [2.75, 3.05) is 13.2 Å². The van der Waals surface area contributed by atoms with Crippen LogP contribution in [0.2, 0.25) is 0 Å². The third kappa shape index (κ3) is 3.83. The fourth-order valence-corrected chi connectivity index (χ4v) is 2.22. The number of hydrogen-bond donors (Lipinski definition) is 1. The van der Waals surface area contributed by atoms with Gasteiger partial charge in [0, 0.05) is 18.5 Å². The zero-order valence-corrected chi connectivity index (χ0v) is 12.1. The smallest absolute Gasteiger partial charge is 0.257 e. The highest BCUT2D eigenvalue weighted by Crippen LogP contribution is 2.25. The average Bonchev–Trinajstić information content (AvgIpc) is 2.77. The van der Waals surface area contributed by atoms with E-state index in [2.05, 4.69) is 19.2 Å². The Bertz CT molecular complexity index is 508. The number of carbonyl (C=O) groups excluding carboxylic acids is 2. The number of carbonyl (C=O) groups is 2. The number of hydrogen-bond acceptors (Lipinski definition) is 3. The van der Waals surface area contributed by atoms with Crippen LogP contribution >= 0.6 is 0 Å². The van der Waals surface area contributed by atoms with Crippen molar-refractivity contribution in [3.8, 4) is 5.75 Å². The van der Waals surface area contributed by atoms with E-state index in [4.69, 9.17) is 4.74 Å². The first kappa shape index (κ1) is 14.6. The third-order valence-corrected chi connectivity index (χ3v) is 3.41. The zero-order valence-electron chi connectivity index (χ0n) is 12.1. The Morgan fingerprint density at radius 1 is 1.35 bits per heavy atom. The van der Waals surface area contributed by atoms with E-state index >= 15 is 0 Å². The van der Waals surface area contributed by atoms with Crippen molar-refractivity contribution in [2.45, 2.75) is 33.1 Å². The predicted molar refractivity (Wildman–Crippen MR) is 77.1 cm³/mol. The second kappa shape index (κ2) is 6.55. The molecule has 20 heavy (non-hydrogen) atoms. The Hall–Kier alpha value is -1.84. The van der Waals surface area contributed by atoms with Gasteiger partial charge in [-0.25, -0.2) is 0 Å². The summed E-state index contributed by atoms with van der Waals surface area (Å²) in [7, 11) is 0. The van der Waals surface area contributed by atoms with E-state index in [9.17, 15) is 9.59 Å². The van der Waals surface area contributed by atoms with E-state index in [1.807, 2.05) is 6.07 Å². The van der Waals surface area contributed by atoms with Crippen LogP contribution in [0.15, 0.2) is 18.2 Å². The first-order valence-electron chi connectivity index (χ1n) is 7.12. The van der Waals surface area contributed by atoms with Gasteiger partial charge >= 0.3 is 0 Å². The van der Waals surface area contributed by atoms with Crippen LogP contribution in [0.1, 0.15) is 42.6 Å². The molecule has 1 N–H and O–H groups in total. The molecule has 1 amide bonds. The zero-order chi connectivity index (χ0) is 14.5. The summed E-state index contributed by atoms with van der Waals surface area (Å²) >= 11 is 0. The van der Waals surface area contributed by atoms with Gasteiger partial charge in [-0.15, -0.1) is 0 Å². The molecule has 0 saturated heterocycles. The molecule has 0 radical (unpaired) electrons. The normalized spacial score (nSPS) is 13.4. The lowest BCUT2D eigenvalue weighted by Gasteiger charge is -2.09. The summed E-state index contributed by atoms with van der Waals surface area (Å²) in [5.74, 6) is 1.31. The molecule has 1 aliphatic carbocycles. The number of rotatable bonds is 6. The van der Waals surface area contributed by atoms with Crippen molar-refractivity contribution in [2.24, 2.45) is 5.92 Å². The van der Waals surface area contributed by atoms with Gasteiger partial charge in [0.2, 0.25) is 0 Å². The predicted octanol–water partition coefficient (Wildman–Crippen LogP) is 2.36. The molecule has 1 aromatic carbocycles. The van der Waals surface area contributed by atoms with Crippen molar-refractivity contribution in [3.05, 3.63) is 29.3 Å². The number of Topliss-reactive ketones (excluding diaryl/α,β-unsaturated/α-hetero) is 1. The van der Waals surface area contributed by atoms with E-state index in [0.29, 0.717) is 24.6 Å². The monoisotopic (exact) mass is 275 g/mol. The summed E-state index contributed by atoms with van der Waals surface area (Å²) < 4.78 is 5.46. The largest absolute Gasteiger partial charge is 0.484 e. The fourth-order valence-electron chi connectivity index (χ4n) is 2.22. The van der Waals surface area contributed by atoms with Gasteiger partial charge < -0.3 is 10.1 Å². The molecule has 1 aromatic rings. The van der Waals surface area contributed by atoms with Crippen molar-refractivity contribution in [1.29, 1.82) is 0 Å². The van der Waals surface area contributed by atoms with Crippen molar-refractivity contribution < 1.29 is 14.3 Å². The van der Waals surface area contributed by atoms with Gasteiger partial charge in [0.1, 0.15) is 5.75 Å². The van der Waals surface area contributed by atoms with Crippen LogP contribution in [0, 0.1) is 5.92 Å². The summed E-state index contributed by atoms with van der Waals surface area (Å²) in [6.45, 7) is 4.94. The molecule has 4 nitrogen and oxygen atoms in total. The Morgan fingerprint density at radius 3 is 2.90 bits per heavy atom. The minimum atomic E-state index is -0.109. The van der Waals surface area contributed by atoms with Crippen molar-refractivity contribution >= 4 is 11.7 Å². The molecule has 0 aliphatic heterocycles. The SMILES string of the molecule is CC(C)CCNC(=O)COc1ccc2c(c1)CCC2=O. The van der Waals surface area contributed by atoms with Gasteiger partial charge in [-0.3, -0.25) is 9.59 Å². The van der Waals surface area contributed by atoms with Gasteiger partial charge in [0.25, 0.3) is 5.91 Å². The highest BCUT2D eigenvalue weighted by atomic mass is 16.5. The number of benzene rings is 1. The lowest BCUT2D eigenvalue weighted by atomic mass is 10.1. The second-order valence-corrected chi connectivity index (χ2v) is 5.56. The quantitative estimate of drug-likeness (QED) is 0.867. The molecule has 0 heterocycles. The lowest BCUT2D eigenvalue weighted by Crippen LogP contribution is -2.30. The molecule has 0 unspecified atom stereocenters.